The zero-order chi connectivity index (χ0) is 14.3. The summed E-state index contributed by atoms with van der Waals surface area (Å²) in [6.45, 7) is 8.53. The van der Waals surface area contributed by atoms with Gasteiger partial charge in [-0.25, -0.2) is 4.98 Å². The SMILES string of the molecule is CCCCC(CC)CC(C=O)n1cc(C)nc1CC. The van der Waals surface area contributed by atoms with Crippen molar-refractivity contribution < 1.29 is 4.79 Å². The number of aldehydes is 1. The maximum Gasteiger partial charge on any atom is 0.142 e. The zero-order valence-corrected chi connectivity index (χ0v) is 12.9. The highest BCUT2D eigenvalue weighted by molar-refractivity contribution is 5.56. The van der Waals surface area contributed by atoms with Gasteiger partial charge in [0.25, 0.3) is 0 Å². The standard InChI is InChI=1S/C16H28N2O/c1-5-8-9-14(6-2)10-15(12-19)18-11-13(4)17-16(18)7-3/h11-12,14-15H,5-10H2,1-4H3. The van der Waals surface area contributed by atoms with Crippen molar-refractivity contribution in [3.63, 3.8) is 0 Å². The summed E-state index contributed by atoms with van der Waals surface area (Å²) in [5, 5.41) is 0. The van der Waals surface area contributed by atoms with E-state index >= 15 is 0 Å². The third-order valence-electron chi connectivity index (χ3n) is 3.88. The largest absolute Gasteiger partial charge is 0.324 e. The normalized spacial score (nSPS) is 14.3. The summed E-state index contributed by atoms with van der Waals surface area (Å²) < 4.78 is 2.08. The molecule has 108 valence electrons. The van der Waals surface area contributed by atoms with E-state index < -0.39 is 0 Å². The number of aryl methyl sites for hydroxylation is 2. The first kappa shape index (κ1) is 15.9. The molecule has 0 aromatic carbocycles. The van der Waals surface area contributed by atoms with Crippen LogP contribution >= 0.6 is 0 Å². The number of carbonyl (C=O) groups is 1. The minimum absolute atomic E-state index is 0.0436. The monoisotopic (exact) mass is 264 g/mol. The molecule has 3 heteroatoms. The fourth-order valence-electron chi connectivity index (χ4n) is 2.67. The maximum absolute atomic E-state index is 11.5. The third kappa shape index (κ3) is 4.48. The van der Waals surface area contributed by atoms with E-state index in [0.717, 1.165) is 37.1 Å². The molecule has 1 heterocycles. The van der Waals surface area contributed by atoms with Gasteiger partial charge in [0.15, 0.2) is 0 Å². The van der Waals surface area contributed by atoms with Gasteiger partial charge in [0.05, 0.1) is 11.7 Å². The second-order valence-corrected chi connectivity index (χ2v) is 5.41. The van der Waals surface area contributed by atoms with Crippen LogP contribution in [0.3, 0.4) is 0 Å². The highest BCUT2D eigenvalue weighted by Crippen LogP contribution is 2.25. The first-order chi connectivity index (χ1) is 9.15. The van der Waals surface area contributed by atoms with Gasteiger partial charge in [-0.15, -0.1) is 0 Å². The number of aromatic nitrogens is 2. The molecule has 0 aliphatic heterocycles. The van der Waals surface area contributed by atoms with E-state index in [1.807, 2.05) is 13.1 Å². The second kappa shape index (κ2) is 8.13. The Balaban J connectivity index is 2.78. The average molecular weight is 264 g/mol. The van der Waals surface area contributed by atoms with Crippen molar-refractivity contribution in [3.8, 4) is 0 Å². The van der Waals surface area contributed by atoms with E-state index in [2.05, 4.69) is 30.3 Å². The van der Waals surface area contributed by atoms with Gasteiger partial charge in [-0.3, -0.25) is 0 Å². The summed E-state index contributed by atoms with van der Waals surface area (Å²) in [4.78, 5) is 16.0. The van der Waals surface area contributed by atoms with Crippen LogP contribution in [0.1, 0.15) is 70.4 Å². The Bertz CT molecular complexity index is 384. The van der Waals surface area contributed by atoms with Crippen molar-refractivity contribution in [1.82, 2.24) is 9.55 Å². The Labute approximate surface area is 117 Å². The van der Waals surface area contributed by atoms with Gasteiger partial charge in [-0.1, -0.05) is 46.5 Å². The van der Waals surface area contributed by atoms with E-state index in [4.69, 9.17) is 0 Å². The van der Waals surface area contributed by atoms with E-state index in [-0.39, 0.29) is 6.04 Å². The van der Waals surface area contributed by atoms with Gasteiger partial charge in [0.1, 0.15) is 12.1 Å². The molecule has 0 saturated heterocycles. The Morgan fingerprint density at radius 2 is 2.11 bits per heavy atom. The number of hydrogen-bond donors (Lipinski definition) is 0. The minimum Gasteiger partial charge on any atom is -0.324 e. The van der Waals surface area contributed by atoms with Gasteiger partial charge in [0.2, 0.25) is 0 Å². The molecule has 0 fully saturated rings. The molecule has 0 aliphatic carbocycles. The fourth-order valence-corrected chi connectivity index (χ4v) is 2.67. The van der Waals surface area contributed by atoms with Crippen molar-refractivity contribution >= 4 is 6.29 Å². The second-order valence-electron chi connectivity index (χ2n) is 5.41. The van der Waals surface area contributed by atoms with Gasteiger partial charge in [0, 0.05) is 12.6 Å². The summed E-state index contributed by atoms with van der Waals surface area (Å²) >= 11 is 0. The third-order valence-corrected chi connectivity index (χ3v) is 3.88. The Hall–Kier alpha value is -1.12. The zero-order valence-electron chi connectivity index (χ0n) is 12.9. The lowest BCUT2D eigenvalue weighted by molar-refractivity contribution is -0.111. The van der Waals surface area contributed by atoms with Gasteiger partial charge in [-0.05, 0) is 19.3 Å². The molecule has 3 nitrogen and oxygen atoms in total. The average Bonchev–Trinajstić information content (AvgIpc) is 2.80. The lowest BCUT2D eigenvalue weighted by atomic mass is 9.92. The number of carbonyl (C=O) groups excluding carboxylic acids is 1. The van der Waals surface area contributed by atoms with Crippen LogP contribution in [0.2, 0.25) is 0 Å². The van der Waals surface area contributed by atoms with Gasteiger partial charge < -0.3 is 9.36 Å². The molecule has 2 unspecified atom stereocenters. The number of hydrogen-bond acceptors (Lipinski definition) is 2. The lowest BCUT2D eigenvalue weighted by Gasteiger charge is -2.21. The van der Waals surface area contributed by atoms with Crippen molar-refractivity contribution in [1.29, 1.82) is 0 Å². The van der Waals surface area contributed by atoms with Gasteiger partial charge in [-0.2, -0.15) is 0 Å². The van der Waals surface area contributed by atoms with Crippen molar-refractivity contribution in [2.75, 3.05) is 0 Å². The van der Waals surface area contributed by atoms with Crippen LogP contribution in [0, 0.1) is 12.8 Å². The Morgan fingerprint density at radius 3 is 2.63 bits per heavy atom. The number of rotatable bonds is 9. The predicted octanol–water partition coefficient (Wildman–Crippen LogP) is 4.10. The molecule has 0 bridgehead atoms. The number of unbranched alkanes of at least 4 members (excludes halogenated alkanes) is 1. The summed E-state index contributed by atoms with van der Waals surface area (Å²) in [6.07, 6.45) is 9.80. The van der Waals surface area contributed by atoms with Crippen LogP contribution < -0.4 is 0 Å². The van der Waals surface area contributed by atoms with E-state index in [0.29, 0.717) is 5.92 Å². The summed E-state index contributed by atoms with van der Waals surface area (Å²) in [5.74, 6) is 1.67. The molecule has 0 N–H and O–H groups in total. The molecule has 0 spiro atoms. The molecule has 0 amide bonds. The van der Waals surface area contributed by atoms with Crippen LogP contribution in [-0.2, 0) is 11.2 Å². The topological polar surface area (TPSA) is 34.9 Å². The Morgan fingerprint density at radius 1 is 1.37 bits per heavy atom. The molecular weight excluding hydrogens is 236 g/mol. The maximum atomic E-state index is 11.5. The number of nitrogens with zero attached hydrogens (tertiary/aromatic N) is 2. The van der Waals surface area contributed by atoms with Crippen molar-refractivity contribution in [3.05, 3.63) is 17.7 Å². The van der Waals surface area contributed by atoms with Crippen molar-refractivity contribution in [2.45, 2.75) is 72.3 Å². The molecular formula is C16H28N2O. The van der Waals surface area contributed by atoms with Crippen molar-refractivity contribution in [2.24, 2.45) is 5.92 Å². The minimum atomic E-state index is -0.0436. The van der Waals surface area contributed by atoms with Crippen LogP contribution in [0.4, 0.5) is 0 Å². The number of imidazole rings is 1. The first-order valence-electron chi connectivity index (χ1n) is 7.65. The van der Waals surface area contributed by atoms with Crippen LogP contribution in [0.25, 0.3) is 0 Å². The summed E-state index contributed by atoms with van der Waals surface area (Å²) in [7, 11) is 0. The molecule has 1 aromatic rings. The van der Waals surface area contributed by atoms with Gasteiger partial charge >= 0.3 is 0 Å². The van der Waals surface area contributed by atoms with E-state index in [1.54, 1.807) is 0 Å². The highest BCUT2D eigenvalue weighted by Gasteiger charge is 2.18. The first-order valence-corrected chi connectivity index (χ1v) is 7.65. The smallest absolute Gasteiger partial charge is 0.142 e. The lowest BCUT2D eigenvalue weighted by Crippen LogP contribution is -2.17. The molecule has 2 atom stereocenters. The predicted molar refractivity (Wildman–Crippen MR) is 79.4 cm³/mol. The summed E-state index contributed by atoms with van der Waals surface area (Å²) in [6, 6.07) is -0.0436. The van der Waals surface area contributed by atoms with Crippen LogP contribution in [0.5, 0.6) is 0 Å². The Kier molecular flexibility index (Phi) is 6.82. The van der Waals surface area contributed by atoms with E-state index in [9.17, 15) is 4.79 Å². The molecule has 0 radical (unpaired) electrons. The quantitative estimate of drug-likeness (QED) is 0.629. The molecule has 19 heavy (non-hydrogen) atoms. The van der Waals surface area contributed by atoms with Crippen LogP contribution in [-0.4, -0.2) is 15.8 Å². The summed E-state index contributed by atoms with van der Waals surface area (Å²) in [5.41, 5.74) is 1.00. The highest BCUT2D eigenvalue weighted by atomic mass is 16.1. The van der Waals surface area contributed by atoms with Crippen LogP contribution in [0.15, 0.2) is 6.20 Å². The van der Waals surface area contributed by atoms with E-state index in [1.165, 1.54) is 19.3 Å². The molecule has 0 saturated carbocycles. The fraction of sp³-hybridized carbons (Fsp3) is 0.750. The molecule has 0 aliphatic rings. The molecule has 1 rings (SSSR count). The molecule has 1 aromatic heterocycles.